The van der Waals surface area contributed by atoms with Crippen LogP contribution in [0.4, 0.5) is 0 Å². The molecule has 1 heterocycles. The Bertz CT molecular complexity index is 956. The van der Waals surface area contributed by atoms with Gasteiger partial charge in [-0.15, -0.1) is 0 Å². The first kappa shape index (κ1) is 17.3. The summed E-state index contributed by atoms with van der Waals surface area (Å²) in [6, 6.07) is 13.0. The number of carboxylic acid groups (broad SMARTS) is 1. The van der Waals surface area contributed by atoms with Gasteiger partial charge in [-0.05, 0) is 30.2 Å². The van der Waals surface area contributed by atoms with E-state index in [1.54, 1.807) is 12.1 Å². The van der Waals surface area contributed by atoms with E-state index < -0.39 is 5.97 Å². The first-order valence-electron chi connectivity index (χ1n) is 8.31. The van der Waals surface area contributed by atoms with Crippen LogP contribution in [0.1, 0.15) is 40.5 Å². The molecular formula is C21H20ClNO2. The van der Waals surface area contributed by atoms with Crippen molar-refractivity contribution in [2.24, 2.45) is 0 Å². The van der Waals surface area contributed by atoms with Gasteiger partial charge in [-0.25, -0.2) is 4.79 Å². The lowest BCUT2D eigenvalue weighted by atomic mass is 10.1. The van der Waals surface area contributed by atoms with E-state index in [4.69, 9.17) is 11.6 Å². The standard InChI is InChI=1S/C21H20ClNO2/c1-3-7-19-16(4-2)17-11-10-14(21(24)25)12-20(17)23(19)13-15-8-5-6-9-18(15)22/h4-6,8-12H,2-3,7,13H2,1H3,(H,24,25). The number of rotatable bonds is 6. The maximum Gasteiger partial charge on any atom is 0.335 e. The van der Waals surface area contributed by atoms with Crippen molar-refractivity contribution in [2.75, 3.05) is 0 Å². The van der Waals surface area contributed by atoms with Gasteiger partial charge in [0.05, 0.1) is 11.1 Å². The fraction of sp³-hybridized carbons (Fsp3) is 0.190. The summed E-state index contributed by atoms with van der Waals surface area (Å²) in [5.41, 5.74) is 4.42. The lowest BCUT2D eigenvalue weighted by Gasteiger charge is -2.12. The topological polar surface area (TPSA) is 42.2 Å². The van der Waals surface area contributed by atoms with Gasteiger partial charge in [-0.3, -0.25) is 0 Å². The highest BCUT2D eigenvalue weighted by Gasteiger charge is 2.17. The van der Waals surface area contributed by atoms with Crippen molar-refractivity contribution < 1.29 is 9.90 Å². The van der Waals surface area contributed by atoms with E-state index in [0.29, 0.717) is 11.6 Å². The summed E-state index contributed by atoms with van der Waals surface area (Å²) in [4.78, 5) is 11.4. The molecule has 0 saturated heterocycles. The largest absolute Gasteiger partial charge is 0.478 e. The van der Waals surface area contributed by atoms with Gasteiger partial charge < -0.3 is 9.67 Å². The van der Waals surface area contributed by atoms with Crippen LogP contribution in [-0.2, 0) is 13.0 Å². The number of fused-ring (bicyclic) bond motifs is 1. The van der Waals surface area contributed by atoms with Gasteiger partial charge in [0.25, 0.3) is 0 Å². The van der Waals surface area contributed by atoms with E-state index in [9.17, 15) is 9.90 Å². The van der Waals surface area contributed by atoms with E-state index in [1.807, 2.05) is 36.4 Å². The molecule has 0 aliphatic heterocycles. The van der Waals surface area contributed by atoms with E-state index in [2.05, 4.69) is 18.1 Å². The number of hydrogen-bond donors (Lipinski definition) is 1. The number of aromatic carboxylic acids is 1. The predicted molar refractivity (Wildman–Crippen MR) is 104 cm³/mol. The second-order valence-corrected chi connectivity index (χ2v) is 6.44. The zero-order valence-corrected chi connectivity index (χ0v) is 14.9. The Morgan fingerprint density at radius 1 is 1.28 bits per heavy atom. The van der Waals surface area contributed by atoms with E-state index in [1.165, 1.54) is 0 Å². The number of carbonyl (C=O) groups is 1. The van der Waals surface area contributed by atoms with Crippen LogP contribution in [0, 0.1) is 0 Å². The average molecular weight is 354 g/mol. The number of nitrogens with zero attached hydrogens (tertiary/aromatic N) is 1. The molecule has 3 nitrogen and oxygen atoms in total. The molecule has 0 aliphatic carbocycles. The fourth-order valence-electron chi connectivity index (χ4n) is 3.27. The van der Waals surface area contributed by atoms with Crippen LogP contribution in [0.3, 0.4) is 0 Å². The second kappa shape index (κ2) is 7.16. The molecule has 0 saturated carbocycles. The normalized spacial score (nSPS) is 11.0. The van der Waals surface area contributed by atoms with Crippen LogP contribution in [0.15, 0.2) is 49.0 Å². The molecule has 0 bridgehead atoms. The van der Waals surface area contributed by atoms with Crippen LogP contribution in [0.5, 0.6) is 0 Å². The highest BCUT2D eigenvalue weighted by atomic mass is 35.5. The number of carboxylic acids is 1. The van der Waals surface area contributed by atoms with Crippen molar-refractivity contribution in [1.82, 2.24) is 4.57 Å². The van der Waals surface area contributed by atoms with Crippen molar-refractivity contribution in [1.29, 1.82) is 0 Å². The Kier molecular flexibility index (Phi) is 4.95. The average Bonchev–Trinajstić information content (AvgIpc) is 2.89. The minimum atomic E-state index is -0.926. The Hall–Kier alpha value is -2.52. The van der Waals surface area contributed by atoms with E-state index >= 15 is 0 Å². The second-order valence-electron chi connectivity index (χ2n) is 6.03. The first-order chi connectivity index (χ1) is 12.1. The molecule has 2 aromatic carbocycles. The molecule has 4 heteroatoms. The highest BCUT2D eigenvalue weighted by molar-refractivity contribution is 6.31. The van der Waals surface area contributed by atoms with Gasteiger partial charge in [-0.2, -0.15) is 0 Å². The van der Waals surface area contributed by atoms with Crippen molar-refractivity contribution >= 4 is 34.5 Å². The summed E-state index contributed by atoms with van der Waals surface area (Å²) in [6.45, 7) is 6.70. The molecule has 128 valence electrons. The molecule has 25 heavy (non-hydrogen) atoms. The number of aromatic nitrogens is 1. The van der Waals surface area contributed by atoms with Gasteiger partial charge in [0.2, 0.25) is 0 Å². The summed E-state index contributed by atoms with van der Waals surface area (Å²) in [7, 11) is 0. The lowest BCUT2D eigenvalue weighted by molar-refractivity contribution is 0.0697. The third-order valence-electron chi connectivity index (χ3n) is 4.44. The van der Waals surface area contributed by atoms with Gasteiger partial charge in [0.1, 0.15) is 0 Å². The van der Waals surface area contributed by atoms with Crippen LogP contribution < -0.4 is 0 Å². The predicted octanol–water partition coefficient (Wildman–Crippen LogP) is 5.64. The van der Waals surface area contributed by atoms with E-state index in [0.717, 1.165) is 40.6 Å². The quantitative estimate of drug-likeness (QED) is 0.623. The molecule has 1 N–H and O–H groups in total. The highest BCUT2D eigenvalue weighted by Crippen LogP contribution is 2.31. The lowest BCUT2D eigenvalue weighted by Crippen LogP contribution is -2.06. The summed E-state index contributed by atoms with van der Waals surface area (Å²) >= 11 is 6.35. The van der Waals surface area contributed by atoms with Gasteiger partial charge in [0.15, 0.2) is 0 Å². The Labute approximate surface area is 152 Å². The molecule has 0 unspecified atom stereocenters. The molecule has 0 amide bonds. The van der Waals surface area contributed by atoms with Gasteiger partial charge in [0, 0.05) is 28.2 Å². The van der Waals surface area contributed by atoms with Crippen molar-refractivity contribution in [2.45, 2.75) is 26.3 Å². The maximum absolute atomic E-state index is 11.4. The third kappa shape index (κ3) is 3.20. The summed E-state index contributed by atoms with van der Waals surface area (Å²) in [6.07, 6.45) is 3.74. The van der Waals surface area contributed by atoms with Crippen LogP contribution >= 0.6 is 11.6 Å². The van der Waals surface area contributed by atoms with Crippen molar-refractivity contribution in [3.63, 3.8) is 0 Å². The molecule has 0 radical (unpaired) electrons. The molecule has 0 atom stereocenters. The Morgan fingerprint density at radius 2 is 2.04 bits per heavy atom. The molecule has 0 fully saturated rings. The van der Waals surface area contributed by atoms with Crippen molar-refractivity contribution in [3.05, 3.63) is 76.5 Å². The van der Waals surface area contributed by atoms with Gasteiger partial charge in [-0.1, -0.05) is 61.9 Å². The van der Waals surface area contributed by atoms with Crippen LogP contribution in [0.2, 0.25) is 5.02 Å². The molecule has 0 spiro atoms. The van der Waals surface area contributed by atoms with E-state index in [-0.39, 0.29) is 5.56 Å². The Morgan fingerprint density at radius 3 is 2.68 bits per heavy atom. The van der Waals surface area contributed by atoms with Gasteiger partial charge >= 0.3 is 5.97 Å². The smallest absolute Gasteiger partial charge is 0.335 e. The minimum Gasteiger partial charge on any atom is -0.478 e. The molecule has 3 aromatic rings. The molecule has 1 aromatic heterocycles. The van der Waals surface area contributed by atoms with Crippen LogP contribution in [-0.4, -0.2) is 15.6 Å². The SMILES string of the molecule is C=Cc1c(CCC)n(Cc2ccccc2Cl)c2cc(C(=O)O)ccc12. The van der Waals surface area contributed by atoms with Crippen molar-refractivity contribution in [3.8, 4) is 0 Å². The molecular weight excluding hydrogens is 334 g/mol. The fourth-order valence-corrected chi connectivity index (χ4v) is 3.47. The first-order valence-corrected chi connectivity index (χ1v) is 8.68. The number of benzene rings is 2. The zero-order chi connectivity index (χ0) is 18.0. The molecule has 0 aliphatic rings. The minimum absolute atomic E-state index is 0.282. The number of halogens is 1. The summed E-state index contributed by atoms with van der Waals surface area (Å²) in [5.74, 6) is -0.926. The molecule has 3 rings (SSSR count). The third-order valence-corrected chi connectivity index (χ3v) is 4.81. The monoisotopic (exact) mass is 353 g/mol. The zero-order valence-electron chi connectivity index (χ0n) is 14.1. The maximum atomic E-state index is 11.4. The van der Waals surface area contributed by atoms with Crippen LogP contribution in [0.25, 0.3) is 17.0 Å². The Balaban J connectivity index is 2.27. The summed E-state index contributed by atoms with van der Waals surface area (Å²) < 4.78 is 2.17. The summed E-state index contributed by atoms with van der Waals surface area (Å²) in [5, 5.41) is 11.1. The number of hydrogen-bond acceptors (Lipinski definition) is 1.